The topological polar surface area (TPSA) is 75.7 Å². The van der Waals surface area contributed by atoms with E-state index in [9.17, 15) is 13.2 Å². The molecule has 1 unspecified atom stereocenters. The summed E-state index contributed by atoms with van der Waals surface area (Å²) in [5.74, 6) is -0.0200. The highest BCUT2D eigenvalue weighted by molar-refractivity contribution is 7.92. The van der Waals surface area contributed by atoms with Gasteiger partial charge in [0.2, 0.25) is 10.0 Å². The second-order valence-corrected chi connectivity index (χ2v) is 11.0. The molecular formula is C18H27ClN2O4S. The number of hydrogen-bond donors (Lipinski definition) is 1. The highest BCUT2D eigenvalue weighted by Crippen LogP contribution is 2.37. The molecule has 1 aromatic carbocycles. The van der Waals surface area contributed by atoms with Crippen LogP contribution in [0.25, 0.3) is 0 Å². The van der Waals surface area contributed by atoms with Crippen molar-refractivity contribution in [3.8, 4) is 5.75 Å². The summed E-state index contributed by atoms with van der Waals surface area (Å²) in [6.07, 6.45) is 0.930. The zero-order valence-corrected chi connectivity index (χ0v) is 17.7. The number of nitrogens with one attached hydrogen (secondary N) is 1. The molecule has 26 heavy (non-hydrogen) atoms. The number of carbonyl (C=O) groups excluding carboxylic acids is 1. The molecule has 0 saturated heterocycles. The molecule has 0 aromatic heterocycles. The lowest BCUT2D eigenvalue weighted by molar-refractivity contribution is -0.129. The van der Waals surface area contributed by atoms with Gasteiger partial charge in [-0.2, -0.15) is 0 Å². The van der Waals surface area contributed by atoms with Gasteiger partial charge in [0.05, 0.1) is 18.5 Å². The number of anilines is 1. The van der Waals surface area contributed by atoms with Crippen LogP contribution in [0.2, 0.25) is 5.02 Å². The molecule has 1 amide bonds. The molecular weight excluding hydrogens is 376 g/mol. The Morgan fingerprint density at radius 1 is 1.31 bits per heavy atom. The Balaban J connectivity index is 2.26. The van der Waals surface area contributed by atoms with Gasteiger partial charge in [0, 0.05) is 10.6 Å². The van der Waals surface area contributed by atoms with Crippen LogP contribution in [0.4, 0.5) is 5.69 Å². The molecule has 2 rings (SSSR count). The van der Waals surface area contributed by atoms with Gasteiger partial charge in [0.25, 0.3) is 5.91 Å². The van der Waals surface area contributed by atoms with Crippen LogP contribution >= 0.6 is 11.6 Å². The highest BCUT2D eigenvalue weighted by atomic mass is 35.5. The van der Waals surface area contributed by atoms with Gasteiger partial charge in [-0.15, -0.1) is 0 Å². The minimum atomic E-state index is -3.58. The second kappa shape index (κ2) is 6.93. The summed E-state index contributed by atoms with van der Waals surface area (Å²) in [6, 6.07) is 4.70. The fraction of sp³-hybridized carbons (Fsp3) is 0.611. The third-order valence-corrected chi connectivity index (χ3v) is 5.30. The fourth-order valence-corrected chi connectivity index (χ4v) is 4.53. The predicted octanol–water partition coefficient (Wildman–Crippen LogP) is 3.20. The number of hydrogen-bond acceptors (Lipinski definition) is 4. The van der Waals surface area contributed by atoms with Crippen LogP contribution in [-0.4, -0.2) is 38.8 Å². The van der Waals surface area contributed by atoms with Crippen molar-refractivity contribution in [2.24, 2.45) is 5.41 Å². The SMILES string of the molecule is CC(C)(C)CC(C)(C)NC(=O)C1CN(S(C)(=O)=O)c2cc(Cl)ccc2O1. The summed E-state index contributed by atoms with van der Waals surface area (Å²) in [5, 5.41) is 3.38. The molecule has 6 nitrogen and oxygen atoms in total. The number of ether oxygens (including phenoxy) is 1. The first-order valence-corrected chi connectivity index (χ1v) is 10.7. The zero-order chi connectivity index (χ0) is 19.9. The molecule has 0 aliphatic carbocycles. The first-order valence-electron chi connectivity index (χ1n) is 8.44. The van der Waals surface area contributed by atoms with Crippen LogP contribution < -0.4 is 14.4 Å². The molecule has 1 heterocycles. The Morgan fingerprint density at radius 3 is 2.46 bits per heavy atom. The summed E-state index contributed by atoms with van der Waals surface area (Å²) < 4.78 is 31.3. The Labute approximate surface area is 160 Å². The molecule has 1 N–H and O–H groups in total. The van der Waals surface area contributed by atoms with Crippen molar-refractivity contribution >= 4 is 33.2 Å². The molecule has 146 valence electrons. The molecule has 1 aliphatic rings. The standard InChI is InChI=1S/C18H27ClN2O4S/c1-17(2,3)11-18(4,5)20-16(22)15-10-21(26(6,23)24)13-9-12(19)7-8-14(13)25-15/h7-9,15H,10-11H2,1-6H3,(H,20,22). The van der Waals surface area contributed by atoms with Crippen molar-refractivity contribution in [3.63, 3.8) is 0 Å². The highest BCUT2D eigenvalue weighted by Gasteiger charge is 2.37. The first kappa shape index (κ1) is 20.8. The number of halogens is 1. The summed E-state index contributed by atoms with van der Waals surface area (Å²) in [7, 11) is -3.58. The van der Waals surface area contributed by atoms with E-state index < -0.39 is 21.7 Å². The third kappa shape index (κ3) is 5.27. The van der Waals surface area contributed by atoms with E-state index in [1.807, 2.05) is 13.8 Å². The van der Waals surface area contributed by atoms with E-state index in [1.165, 1.54) is 10.4 Å². The lowest BCUT2D eigenvalue weighted by Crippen LogP contribution is -2.55. The average molecular weight is 403 g/mol. The molecule has 0 radical (unpaired) electrons. The van der Waals surface area contributed by atoms with E-state index in [0.717, 1.165) is 12.7 Å². The number of fused-ring (bicyclic) bond motifs is 1. The second-order valence-electron chi connectivity index (χ2n) is 8.62. The smallest absolute Gasteiger partial charge is 0.263 e. The Hall–Kier alpha value is -1.47. The number of nitrogens with zero attached hydrogens (tertiary/aromatic N) is 1. The van der Waals surface area contributed by atoms with Gasteiger partial charge in [-0.05, 0) is 43.9 Å². The Bertz CT molecular complexity index is 800. The number of amides is 1. The van der Waals surface area contributed by atoms with Gasteiger partial charge < -0.3 is 10.1 Å². The van der Waals surface area contributed by atoms with Crippen LogP contribution in [0.5, 0.6) is 5.75 Å². The maximum Gasteiger partial charge on any atom is 0.263 e. The summed E-state index contributed by atoms with van der Waals surface area (Å²) >= 11 is 5.98. The molecule has 1 aliphatic heterocycles. The molecule has 0 bridgehead atoms. The predicted molar refractivity (Wildman–Crippen MR) is 104 cm³/mol. The average Bonchev–Trinajstić information content (AvgIpc) is 2.41. The largest absolute Gasteiger partial charge is 0.476 e. The van der Waals surface area contributed by atoms with Crippen LogP contribution in [0.15, 0.2) is 18.2 Å². The molecule has 0 spiro atoms. The van der Waals surface area contributed by atoms with Crippen LogP contribution in [0, 0.1) is 5.41 Å². The normalized spacial score (nSPS) is 18.1. The fourth-order valence-electron chi connectivity index (χ4n) is 3.46. The Kier molecular flexibility index (Phi) is 5.55. The van der Waals surface area contributed by atoms with Crippen molar-refractivity contribution in [1.82, 2.24) is 5.32 Å². The molecule has 8 heteroatoms. The number of rotatable bonds is 4. The van der Waals surface area contributed by atoms with E-state index in [4.69, 9.17) is 16.3 Å². The molecule has 0 saturated carbocycles. The van der Waals surface area contributed by atoms with Gasteiger partial charge in [-0.3, -0.25) is 9.10 Å². The van der Waals surface area contributed by atoms with E-state index in [1.54, 1.807) is 12.1 Å². The van der Waals surface area contributed by atoms with Gasteiger partial charge in [0.15, 0.2) is 6.10 Å². The quantitative estimate of drug-likeness (QED) is 0.839. The summed E-state index contributed by atoms with van der Waals surface area (Å²) in [4.78, 5) is 12.8. The van der Waals surface area contributed by atoms with E-state index >= 15 is 0 Å². The lowest BCUT2D eigenvalue weighted by atomic mass is 9.81. The van der Waals surface area contributed by atoms with Crippen molar-refractivity contribution in [2.45, 2.75) is 52.7 Å². The van der Waals surface area contributed by atoms with E-state index in [2.05, 4.69) is 26.1 Å². The van der Waals surface area contributed by atoms with Crippen LogP contribution in [0.3, 0.4) is 0 Å². The van der Waals surface area contributed by atoms with Gasteiger partial charge >= 0.3 is 0 Å². The maximum atomic E-state index is 12.8. The lowest BCUT2D eigenvalue weighted by Gasteiger charge is -2.37. The third-order valence-electron chi connectivity index (χ3n) is 3.92. The van der Waals surface area contributed by atoms with Crippen LogP contribution in [-0.2, 0) is 14.8 Å². The molecule has 0 fully saturated rings. The maximum absolute atomic E-state index is 12.8. The van der Waals surface area contributed by atoms with Crippen molar-refractivity contribution < 1.29 is 17.9 Å². The monoisotopic (exact) mass is 402 g/mol. The van der Waals surface area contributed by atoms with Gasteiger partial charge in [-0.1, -0.05) is 32.4 Å². The van der Waals surface area contributed by atoms with E-state index in [0.29, 0.717) is 16.5 Å². The van der Waals surface area contributed by atoms with Crippen molar-refractivity contribution in [1.29, 1.82) is 0 Å². The molecule has 1 atom stereocenters. The number of carbonyl (C=O) groups is 1. The zero-order valence-electron chi connectivity index (χ0n) is 16.1. The first-order chi connectivity index (χ1) is 11.7. The Morgan fingerprint density at radius 2 is 1.92 bits per heavy atom. The van der Waals surface area contributed by atoms with Gasteiger partial charge in [0.1, 0.15) is 5.75 Å². The minimum Gasteiger partial charge on any atom is -0.476 e. The summed E-state index contributed by atoms with van der Waals surface area (Å²) in [5.41, 5.74) is -0.0701. The number of benzene rings is 1. The van der Waals surface area contributed by atoms with Crippen molar-refractivity contribution in [3.05, 3.63) is 23.2 Å². The minimum absolute atomic E-state index is 0.0341. The number of sulfonamides is 1. The molecule has 1 aromatic rings. The van der Waals surface area contributed by atoms with Crippen LogP contribution in [0.1, 0.15) is 41.0 Å². The summed E-state index contributed by atoms with van der Waals surface area (Å²) in [6.45, 7) is 10.1. The van der Waals surface area contributed by atoms with Gasteiger partial charge in [-0.25, -0.2) is 8.42 Å². The van der Waals surface area contributed by atoms with Crippen molar-refractivity contribution in [2.75, 3.05) is 17.1 Å². The van der Waals surface area contributed by atoms with E-state index in [-0.39, 0.29) is 17.9 Å².